The zero-order valence-electron chi connectivity index (χ0n) is 12.8. The third kappa shape index (κ3) is 6.25. The summed E-state index contributed by atoms with van der Waals surface area (Å²) >= 11 is 5.21. The Labute approximate surface area is 137 Å². The van der Waals surface area contributed by atoms with E-state index in [0.717, 1.165) is 11.1 Å². The van der Waals surface area contributed by atoms with Gasteiger partial charge in [0, 0.05) is 19.0 Å². The fourth-order valence-corrected chi connectivity index (χ4v) is 2.76. The molecule has 0 bridgehead atoms. The van der Waals surface area contributed by atoms with Crippen LogP contribution in [-0.2, 0) is 14.8 Å². The molecule has 2 atom stereocenters. The SMILES string of the molecule is C=CCOC(=O)N1CC(C(C)=S)CC1/C=C/CNS(C)(=O)=O. The van der Waals surface area contributed by atoms with Gasteiger partial charge in [-0.25, -0.2) is 17.9 Å². The van der Waals surface area contributed by atoms with Crippen LogP contribution >= 0.6 is 12.2 Å². The average molecular weight is 346 g/mol. The van der Waals surface area contributed by atoms with Gasteiger partial charge in [0.15, 0.2) is 0 Å². The van der Waals surface area contributed by atoms with E-state index in [2.05, 4.69) is 11.3 Å². The molecule has 8 heteroatoms. The van der Waals surface area contributed by atoms with E-state index in [9.17, 15) is 13.2 Å². The Morgan fingerprint density at radius 3 is 2.77 bits per heavy atom. The van der Waals surface area contributed by atoms with Crippen LogP contribution in [-0.4, -0.2) is 56.3 Å². The van der Waals surface area contributed by atoms with Crippen molar-refractivity contribution in [1.29, 1.82) is 0 Å². The number of thiocarbonyl (C=S) groups is 1. The number of carbonyl (C=O) groups excluding carboxylic acids is 1. The van der Waals surface area contributed by atoms with Gasteiger partial charge in [0.2, 0.25) is 10.0 Å². The van der Waals surface area contributed by atoms with Crippen molar-refractivity contribution in [2.75, 3.05) is 26.0 Å². The molecule has 1 saturated heterocycles. The van der Waals surface area contributed by atoms with Gasteiger partial charge in [-0.05, 0) is 18.2 Å². The van der Waals surface area contributed by atoms with Crippen molar-refractivity contribution in [3.05, 3.63) is 24.8 Å². The summed E-state index contributed by atoms with van der Waals surface area (Å²) in [6.07, 6.45) is 6.42. The number of rotatable bonds is 7. The first kappa shape index (κ1) is 18.8. The standard InChI is InChI=1S/C14H22N2O4S2/c1-4-8-20-14(17)16-10-12(11(2)21)9-13(16)6-5-7-15-22(3,18)19/h4-6,12-13,15H,1,7-10H2,2-3H3/b6-5+. The molecule has 0 aromatic rings. The number of sulfonamides is 1. The zero-order chi connectivity index (χ0) is 16.8. The minimum atomic E-state index is -3.22. The molecule has 0 saturated carbocycles. The van der Waals surface area contributed by atoms with Gasteiger partial charge < -0.3 is 9.64 Å². The highest BCUT2D eigenvalue weighted by atomic mass is 32.2. The molecule has 1 amide bonds. The number of nitrogens with zero attached hydrogens (tertiary/aromatic N) is 1. The van der Waals surface area contributed by atoms with Crippen LogP contribution in [0.4, 0.5) is 4.79 Å². The Balaban J connectivity index is 2.69. The summed E-state index contributed by atoms with van der Waals surface area (Å²) in [5, 5.41) is 0. The number of hydrogen-bond acceptors (Lipinski definition) is 5. The van der Waals surface area contributed by atoms with Crippen LogP contribution in [0.3, 0.4) is 0 Å². The Bertz CT molecular complexity index is 557. The number of amides is 1. The Hall–Kier alpha value is -1.25. The van der Waals surface area contributed by atoms with Crippen molar-refractivity contribution < 1.29 is 17.9 Å². The zero-order valence-corrected chi connectivity index (χ0v) is 14.5. The molecule has 0 aromatic heterocycles. The van der Waals surface area contributed by atoms with Gasteiger partial charge in [-0.2, -0.15) is 0 Å². The van der Waals surface area contributed by atoms with Crippen LogP contribution in [0.15, 0.2) is 24.8 Å². The van der Waals surface area contributed by atoms with Gasteiger partial charge in [0.05, 0.1) is 12.3 Å². The average Bonchev–Trinajstić information content (AvgIpc) is 2.84. The number of nitrogens with one attached hydrogen (secondary N) is 1. The smallest absolute Gasteiger partial charge is 0.410 e. The molecule has 6 nitrogen and oxygen atoms in total. The second-order valence-electron chi connectivity index (χ2n) is 5.18. The molecule has 22 heavy (non-hydrogen) atoms. The molecular formula is C14H22N2O4S2. The van der Waals surface area contributed by atoms with E-state index in [4.69, 9.17) is 17.0 Å². The lowest BCUT2D eigenvalue weighted by molar-refractivity contribution is 0.113. The van der Waals surface area contributed by atoms with E-state index >= 15 is 0 Å². The summed E-state index contributed by atoms with van der Waals surface area (Å²) in [7, 11) is -3.22. The summed E-state index contributed by atoms with van der Waals surface area (Å²) in [5.41, 5.74) is 0. The van der Waals surface area contributed by atoms with Gasteiger partial charge in [0.25, 0.3) is 0 Å². The van der Waals surface area contributed by atoms with Gasteiger partial charge in [0.1, 0.15) is 6.61 Å². The molecule has 1 fully saturated rings. The van der Waals surface area contributed by atoms with E-state index in [1.165, 1.54) is 6.08 Å². The third-order valence-corrected chi connectivity index (χ3v) is 4.32. The molecule has 1 rings (SSSR count). The van der Waals surface area contributed by atoms with Gasteiger partial charge >= 0.3 is 6.09 Å². The first-order valence-corrected chi connectivity index (χ1v) is 9.20. The van der Waals surface area contributed by atoms with Crippen molar-refractivity contribution in [2.24, 2.45) is 5.92 Å². The van der Waals surface area contributed by atoms with Crippen molar-refractivity contribution >= 4 is 33.2 Å². The normalized spacial score (nSPS) is 22.0. The number of carbonyl (C=O) groups is 1. The monoisotopic (exact) mass is 346 g/mol. The molecule has 124 valence electrons. The lowest BCUT2D eigenvalue weighted by Gasteiger charge is -2.21. The van der Waals surface area contributed by atoms with E-state index in [-0.39, 0.29) is 25.1 Å². The van der Waals surface area contributed by atoms with Gasteiger partial charge in [-0.3, -0.25) is 0 Å². The van der Waals surface area contributed by atoms with Crippen LogP contribution in [0.1, 0.15) is 13.3 Å². The van der Waals surface area contributed by atoms with Crippen LogP contribution in [0, 0.1) is 5.92 Å². The first-order valence-electron chi connectivity index (χ1n) is 6.90. The lowest BCUT2D eigenvalue weighted by atomic mass is 10.0. The largest absolute Gasteiger partial charge is 0.445 e. The lowest BCUT2D eigenvalue weighted by Crippen LogP contribution is -2.35. The minimum absolute atomic E-state index is 0.142. The fourth-order valence-electron chi connectivity index (χ4n) is 2.19. The predicted molar refractivity (Wildman–Crippen MR) is 90.4 cm³/mol. The van der Waals surface area contributed by atoms with Crippen LogP contribution in [0.5, 0.6) is 0 Å². The molecule has 0 aromatic carbocycles. The molecular weight excluding hydrogens is 324 g/mol. The maximum atomic E-state index is 12.0. The number of ether oxygens (including phenoxy) is 1. The quantitative estimate of drug-likeness (QED) is 0.558. The molecule has 0 aliphatic carbocycles. The Morgan fingerprint density at radius 2 is 2.23 bits per heavy atom. The van der Waals surface area contributed by atoms with Crippen LogP contribution < -0.4 is 4.72 Å². The summed E-state index contributed by atoms with van der Waals surface area (Å²) in [6, 6.07) is -0.151. The maximum absolute atomic E-state index is 12.0. The summed E-state index contributed by atoms with van der Waals surface area (Å²) in [6.45, 7) is 6.23. The van der Waals surface area contributed by atoms with E-state index in [1.54, 1.807) is 11.0 Å². The second-order valence-corrected chi connectivity index (χ2v) is 7.65. The molecule has 2 unspecified atom stereocenters. The first-order chi connectivity index (χ1) is 10.2. The Kier molecular flexibility index (Phi) is 7.18. The van der Waals surface area contributed by atoms with E-state index in [0.29, 0.717) is 13.0 Å². The van der Waals surface area contributed by atoms with Crippen LogP contribution in [0.25, 0.3) is 0 Å². The second kappa shape index (κ2) is 8.40. The van der Waals surface area contributed by atoms with Gasteiger partial charge in [-0.1, -0.05) is 37.0 Å². The van der Waals surface area contributed by atoms with Crippen molar-refractivity contribution in [1.82, 2.24) is 9.62 Å². The molecule has 1 aliphatic rings. The molecule has 1 N–H and O–H groups in total. The van der Waals surface area contributed by atoms with Crippen molar-refractivity contribution in [3.8, 4) is 0 Å². The molecule has 1 heterocycles. The molecule has 0 spiro atoms. The molecule has 0 radical (unpaired) electrons. The summed E-state index contributed by atoms with van der Waals surface area (Å²) in [4.78, 5) is 14.5. The minimum Gasteiger partial charge on any atom is -0.445 e. The van der Waals surface area contributed by atoms with Crippen molar-refractivity contribution in [2.45, 2.75) is 19.4 Å². The van der Waals surface area contributed by atoms with Crippen LogP contribution in [0.2, 0.25) is 0 Å². The highest BCUT2D eigenvalue weighted by Gasteiger charge is 2.35. The highest BCUT2D eigenvalue weighted by molar-refractivity contribution is 7.88. The maximum Gasteiger partial charge on any atom is 0.410 e. The predicted octanol–water partition coefficient (Wildman–Crippen LogP) is 1.49. The Morgan fingerprint density at radius 1 is 1.55 bits per heavy atom. The van der Waals surface area contributed by atoms with Gasteiger partial charge in [-0.15, -0.1) is 0 Å². The summed E-state index contributed by atoms with van der Waals surface area (Å²) in [5.74, 6) is 0.142. The van der Waals surface area contributed by atoms with E-state index < -0.39 is 16.1 Å². The number of hydrogen-bond donors (Lipinski definition) is 1. The topological polar surface area (TPSA) is 75.7 Å². The highest BCUT2D eigenvalue weighted by Crippen LogP contribution is 2.26. The fraction of sp³-hybridized carbons (Fsp3) is 0.571. The van der Waals surface area contributed by atoms with Crippen molar-refractivity contribution in [3.63, 3.8) is 0 Å². The third-order valence-electron chi connectivity index (χ3n) is 3.30. The number of likely N-dealkylation sites (tertiary alicyclic amines) is 1. The molecule has 1 aliphatic heterocycles. The summed E-state index contributed by atoms with van der Waals surface area (Å²) < 4.78 is 29.5. The van der Waals surface area contributed by atoms with E-state index in [1.807, 2.05) is 13.0 Å².